The molecule has 0 radical (unpaired) electrons. The standard InChI is InChI=1S/C15H18FN3O2S/c1-2-22(20,21)19-9-11(10-19)8-18-14-5-6-17-15-7-12(16)3-4-13(14)15/h3-7,11H,2,8-10H2,1H3,(H,17,18). The van der Waals surface area contributed by atoms with Crippen LogP contribution in [-0.2, 0) is 10.0 Å². The highest BCUT2D eigenvalue weighted by Gasteiger charge is 2.34. The average molecular weight is 323 g/mol. The fraction of sp³-hybridized carbons (Fsp3) is 0.400. The van der Waals surface area contributed by atoms with Gasteiger partial charge in [0.1, 0.15) is 5.82 Å². The van der Waals surface area contributed by atoms with Crippen LogP contribution in [0.5, 0.6) is 0 Å². The van der Waals surface area contributed by atoms with Gasteiger partial charge in [-0.15, -0.1) is 0 Å². The molecular formula is C15H18FN3O2S. The first kappa shape index (κ1) is 15.2. The summed E-state index contributed by atoms with van der Waals surface area (Å²) in [6.07, 6.45) is 1.64. The zero-order valence-corrected chi connectivity index (χ0v) is 13.1. The quantitative estimate of drug-likeness (QED) is 0.915. The van der Waals surface area contributed by atoms with Crippen molar-refractivity contribution in [2.45, 2.75) is 6.92 Å². The molecule has 3 rings (SSSR count). The van der Waals surface area contributed by atoms with E-state index in [1.807, 2.05) is 6.07 Å². The normalized spacial score (nSPS) is 16.6. The molecule has 0 bridgehead atoms. The summed E-state index contributed by atoms with van der Waals surface area (Å²) >= 11 is 0. The van der Waals surface area contributed by atoms with Crippen molar-refractivity contribution < 1.29 is 12.8 Å². The van der Waals surface area contributed by atoms with Gasteiger partial charge >= 0.3 is 0 Å². The van der Waals surface area contributed by atoms with Crippen molar-refractivity contribution >= 4 is 26.6 Å². The van der Waals surface area contributed by atoms with E-state index in [1.165, 1.54) is 16.4 Å². The van der Waals surface area contributed by atoms with E-state index in [2.05, 4.69) is 10.3 Å². The van der Waals surface area contributed by atoms with Crippen molar-refractivity contribution in [3.8, 4) is 0 Å². The minimum Gasteiger partial charge on any atom is -0.384 e. The van der Waals surface area contributed by atoms with E-state index >= 15 is 0 Å². The number of aromatic nitrogens is 1. The molecule has 22 heavy (non-hydrogen) atoms. The van der Waals surface area contributed by atoms with Gasteiger partial charge in [-0.3, -0.25) is 4.98 Å². The first-order valence-corrected chi connectivity index (χ1v) is 8.86. The number of hydrogen-bond acceptors (Lipinski definition) is 4. The minimum atomic E-state index is -3.06. The minimum absolute atomic E-state index is 0.147. The van der Waals surface area contributed by atoms with Crippen LogP contribution in [0.2, 0.25) is 0 Å². The van der Waals surface area contributed by atoms with Crippen molar-refractivity contribution in [1.82, 2.24) is 9.29 Å². The Morgan fingerprint density at radius 3 is 2.86 bits per heavy atom. The number of nitrogens with zero attached hydrogens (tertiary/aromatic N) is 2. The Balaban J connectivity index is 1.64. The van der Waals surface area contributed by atoms with Gasteiger partial charge in [0.15, 0.2) is 0 Å². The summed E-state index contributed by atoms with van der Waals surface area (Å²) in [6.45, 7) is 3.46. The van der Waals surface area contributed by atoms with Crippen LogP contribution < -0.4 is 5.32 Å². The van der Waals surface area contributed by atoms with Gasteiger partial charge in [-0.25, -0.2) is 17.1 Å². The van der Waals surface area contributed by atoms with Crippen LogP contribution in [0.4, 0.5) is 10.1 Å². The SMILES string of the molecule is CCS(=O)(=O)N1CC(CNc2ccnc3cc(F)ccc23)C1. The van der Waals surface area contributed by atoms with Crippen molar-refractivity contribution in [1.29, 1.82) is 0 Å². The molecule has 1 fully saturated rings. The fourth-order valence-corrected chi connectivity index (χ4v) is 3.83. The maximum atomic E-state index is 13.2. The third-order valence-corrected chi connectivity index (χ3v) is 5.78. The van der Waals surface area contributed by atoms with E-state index in [9.17, 15) is 12.8 Å². The van der Waals surface area contributed by atoms with Gasteiger partial charge < -0.3 is 5.32 Å². The number of pyridine rings is 1. The van der Waals surface area contributed by atoms with Crippen LogP contribution in [0.1, 0.15) is 6.92 Å². The summed E-state index contributed by atoms with van der Waals surface area (Å²) < 4.78 is 38.1. The Morgan fingerprint density at radius 1 is 1.36 bits per heavy atom. The number of nitrogens with one attached hydrogen (secondary N) is 1. The molecular weight excluding hydrogens is 305 g/mol. The Kier molecular flexibility index (Phi) is 4.01. The molecule has 1 aromatic heterocycles. The van der Waals surface area contributed by atoms with Gasteiger partial charge in [-0.2, -0.15) is 0 Å². The molecule has 0 saturated carbocycles. The monoisotopic (exact) mass is 323 g/mol. The molecule has 2 aromatic rings. The topological polar surface area (TPSA) is 62.3 Å². The Morgan fingerprint density at radius 2 is 2.14 bits per heavy atom. The van der Waals surface area contributed by atoms with Crippen molar-refractivity contribution in [2.75, 3.05) is 30.7 Å². The number of sulfonamides is 1. The Labute approximate surface area is 129 Å². The predicted octanol–water partition coefficient (Wildman–Crippen LogP) is 2.07. The van der Waals surface area contributed by atoms with E-state index in [4.69, 9.17) is 0 Å². The smallest absolute Gasteiger partial charge is 0.213 e. The largest absolute Gasteiger partial charge is 0.384 e. The third kappa shape index (κ3) is 2.91. The molecule has 0 amide bonds. The average Bonchev–Trinajstić information content (AvgIpc) is 2.45. The third-order valence-electron chi connectivity index (χ3n) is 3.97. The van der Waals surface area contributed by atoms with Crippen LogP contribution in [-0.4, -0.2) is 43.1 Å². The molecule has 0 unspecified atom stereocenters. The highest BCUT2D eigenvalue weighted by molar-refractivity contribution is 7.89. The summed E-state index contributed by atoms with van der Waals surface area (Å²) in [5.74, 6) is 0.134. The lowest BCUT2D eigenvalue weighted by atomic mass is 10.0. The molecule has 1 aromatic carbocycles. The van der Waals surface area contributed by atoms with Gasteiger partial charge in [0, 0.05) is 48.9 Å². The summed E-state index contributed by atoms with van der Waals surface area (Å²) in [4.78, 5) is 4.15. The number of benzene rings is 1. The first-order chi connectivity index (χ1) is 10.5. The lowest BCUT2D eigenvalue weighted by molar-refractivity contribution is 0.212. The summed E-state index contributed by atoms with van der Waals surface area (Å²) in [6, 6.07) is 6.36. The molecule has 5 nitrogen and oxygen atoms in total. The molecule has 0 spiro atoms. The second-order valence-electron chi connectivity index (χ2n) is 5.48. The molecule has 2 heterocycles. The van der Waals surface area contributed by atoms with E-state index in [1.54, 1.807) is 19.2 Å². The van der Waals surface area contributed by atoms with Gasteiger partial charge in [0.05, 0.1) is 11.3 Å². The van der Waals surface area contributed by atoms with E-state index < -0.39 is 10.0 Å². The Bertz CT molecular complexity index is 788. The molecule has 118 valence electrons. The zero-order valence-electron chi connectivity index (χ0n) is 12.3. The highest BCUT2D eigenvalue weighted by atomic mass is 32.2. The molecule has 1 aliphatic heterocycles. The molecule has 1 saturated heterocycles. The van der Waals surface area contributed by atoms with Crippen molar-refractivity contribution in [3.05, 3.63) is 36.3 Å². The highest BCUT2D eigenvalue weighted by Crippen LogP contribution is 2.24. The lowest BCUT2D eigenvalue weighted by Gasteiger charge is -2.38. The summed E-state index contributed by atoms with van der Waals surface area (Å²) in [5, 5.41) is 4.18. The maximum absolute atomic E-state index is 13.2. The Hall–Kier alpha value is -1.73. The molecule has 0 aliphatic carbocycles. The molecule has 1 aliphatic rings. The first-order valence-electron chi connectivity index (χ1n) is 7.25. The second-order valence-corrected chi connectivity index (χ2v) is 7.74. The van der Waals surface area contributed by atoms with Crippen LogP contribution in [0.15, 0.2) is 30.5 Å². The number of halogens is 1. The summed E-state index contributed by atoms with van der Waals surface area (Å²) in [5.41, 5.74) is 1.50. The van der Waals surface area contributed by atoms with Crippen LogP contribution in [0.3, 0.4) is 0 Å². The van der Waals surface area contributed by atoms with Crippen LogP contribution >= 0.6 is 0 Å². The van der Waals surface area contributed by atoms with Gasteiger partial charge in [-0.05, 0) is 25.1 Å². The summed E-state index contributed by atoms with van der Waals surface area (Å²) in [7, 11) is -3.06. The lowest BCUT2D eigenvalue weighted by Crippen LogP contribution is -2.52. The van der Waals surface area contributed by atoms with Gasteiger partial charge in [0.2, 0.25) is 10.0 Å². The van der Waals surface area contributed by atoms with Crippen molar-refractivity contribution in [3.63, 3.8) is 0 Å². The van der Waals surface area contributed by atoms with E-state index in [0.29, 0.717) is 31.1 Å². The van der Waals surface area contributed by atoms with E-state index in [-0.39, 0.29) is 11.6 Å². The molecule has 1 N–H and O–H groups in total. The van der Waals surface area contributed by atoms with Crippen LogP contribution in [0.25, 0.3) is 10.9 Å². The molecule has 7 heteroatoms. The van der Waals surface area contributed by atoms with Gasteiger partial charge in [0.25, 0.3) is 0 Å². The predicted molar refractivity (Wildman–Crippen MR) is 84.7 cm³/mol. The fourth-order valence-electron chi connectivity index (χ4n) is 2.59. The molecule has 0 atom stereocenters. The number of fused-ring (bicyclic) bond motifs is 1. The van der Waals surface area contributed by atoms with E-state index in [0.717, 1.165) is 11.1 Å². The van der Waals surface area contributed by atoms with Gasteiger partial charge in [-0.1, -0.05) is 0 Å². The van der Waals surface area contributed by atoms with Crippen molar-refractivity contribution in [2.24, 2.45) is 5.92 Å². The number of anilines is 1. The number of hydrogen-bond donors (Lipinski definition) is 1. The second kappa shape index (κ2) is 5.81. The van der Waals surface area contributed by atoms with Crippen LogP contribution in [0, 0.1) is 11.7 Å². The zero-order chi connectivity index (χ0) is 15.7. The number of rotatable bonds is 5. The maximum Gasteiger partial charge on any atom is 0.213 e.